The van der Waals surface area contributed by atoms with Gasteiger partial charge in [-0.05, 0) is 36.6 Å². The summed E-state index contributed by atoms with van der Waals surface area (Å²) in [6.07, 6.45) is 3.12. The third-order valence-corrected chi connectivity index (χ3v) is 4.79. The first-order chi connectivity index (χ1) is 13.1. The molecule has 2 amide bonds. The molecule has 2 aromatic rings. The third kappa shape index (κ3) is 6.14. The summed E-state index contributed by atoms with van der Waals surface area (Å²) in [6.45, 7) is 2.77. The second-order valence-electron chi connectivity index (χ2n) is 5.65. The number of likely N-dealkylation sites (N-methyl/N-ethyl adjacent to an activating group) is 1. The van der Waals surface area contributed by atoms with E-state index in [1.807, 2.05) is 30.5 Å². The van der Waals surface area contributed by atoms with Crippen molar-refractivity contribution in [3.05, 3.63) is 52.2 Å². The van der Waals surface area contributed by atoms with Crippen LogP contribution in [-0.2, 0) is 16.1 Å². The topological polar surface area (TPSA) is 67.9 Å². The highest BCUT2D eigenvalue weighted by Gasteiger charge is 2.13. The van der Waals surface area contributed by atoms with Gasteiger partial charge in [-0.25, -0.2) is 0 Å². The molecule has 6 nitrogen and oxygen atoms in total. The molecule has 2 rings (SSSR count). The number of nitrogens with zero attached hydrogens (tertiary/aromatic N) is 1. The molecule has 0 atom stereocenters. The van der Waals surface area contributed by atoms with E-state index in [-0.39, 0.29) is 18.4 Å². The molecule has 144 valence electrons. The SMILES string of the molecule is CCN(CC(=O)NCc1cccs1)C(=O)/C=C/c1ccc(OC)cc1OC. The lowest BCUT2D eigenvalue weighted by Gasteiger charge is -2.18. The minimum atomic E-state index is -0.235. The fraction of sp³-hybridized carbons (Fsp3) is 0.300. The Morgan fingerprint density at radius 1 is 1.22 bits per heavy atom. The summed E-state index contributed by atoms with van der Waals surface area (Å²) in [5.41, 5.74) is 0.754. The molecule has 1 aromatic carbocycles. The van der Waals surface area contributed by atoms with Gasteiger partial charge in [0.05, 0.1) is 27.3 Å². The zero-order valence-electron chi connectivity index (χ0n) is 15.7. The largest absolute Gasteiger partial charge is 0.497 e. The quantitative estimate of drug-likeness (QED) is 0.671. The number of nitrogens with one attached hydrogen (secondary N) is 1. The van der Waals surface area contributed by atoms with Crippen LogP contribution in [0.1, 0.15) is 17.4 Å². The predicted octanol–water partition coefficient (Wildman–Crippen LogP) is 2.94. The predicted molar refractivity (Wildman–Crippen MR) is 107 cm³/mol. The van der Waals surface area contributed by atoms with Crippen molar-refractivity contribution in [2.24, 2.45) is 0 Å². The maximum Gasteiger partial charge on any atom is 0.247 e. The van der Waals surface area contributed by atoms with Crippen molar-refractivity contribution >= 4 is 29.2 Å². The summed E-state index contributed by atoms with van der Waals surface area (Å²) in [6, 6.07) is 9.25. The Balaban J connectivity index is 1.95. The summed E-state index contributed by atoms with van der Waals surface area (Å²) >= 11 is 1.58. The average molecular weight is 388 g/mol. The number of hydrogen-bond acceptors (Lipinski definition) is 5. The van der Waals surface area contributed by atoms with E-state index in [0.29, 0.717) is 24.6 Å². The number of amides is 2. The molecule has 1 heterocycles. The Labute approximate surface area is 163 Å². The van der Waals surface area contributed by atoms with E-state index in [1.165, 1.54) is 11.0 Å². The molecular weight excluding hydrogens is 364 g/mol. The van der Waals surface area contributed by atoms with Crippen LogP contribution in [0.15, 0.2) is 41.8 Å². The fourth-order valence-corrected chi connectivity index (χ4v) is 3.04. The lowest BCUT2D eigenvalue weighted by atomic mass is 10.1. The van der Waals surface area contributed by atoms with Crippen LogP contribution < -0.4 is 14.8 Å². The number of thiophene rings is 1. The van der Waals surface area contributed by atoms with Crippen LogP contribution in [0.25, 0.3) is 6.08 Å². The van der Waals surface area contributed by atoms with Crippen LogP contribution in [0.3, 0.4) is 0 Å². The number of ether oxygens (including phenoxy) is 2. The van der Waals surface area contributed by atoms with E-state index in [4.69, 9.17) is 9.47 Å². The standard InChI is InChI=1S/C20H24N2O4S/c1-4-22(14-19(23)21-13-17-6-5-11-27-17)20(24)10-8-15-7-9-16(25-2)12-18(15)26-3/h5-12H,4,13-14H2,1-3H3,(H,21,23)/b10-8+. The molecular formula is C20H24N2O4S. The molecule has 0 aliphatic heterocycles. The molecule has 0 spiro atoms. The molecule has 0 unspecified atom stereocenters. The summed E-state index contributed by atoms with van der Waals surface area (Å²) in [7, 11) is 3.14. The van der Waals surface area contributed by atoms with Gasteiger partial charge in [0.2, 0.25) is 11.8 Å². The number of rotatable bonds is 9. The van der Waals surface area contributed by atoms with Crippen LogP contribution in [0.4, 0.5) is 0 Å². The summed E-state index contributed by atoms with van der Waals surface area (Å²) in [5.74, 6) is 0.860. The van der Waals surface area contributed by atoms with Crippen molar-refractivity contribution in [2.45, 2.75) is 13.5 Å². The number of methoxy groups -OCH3 is 2. The van der Waals surface area contributed by atoms with Gasteiger partial charge in [-0.3, -0.25) is 9.59 Å². The average Bonchev–Trinajstić information content (AvgIpc) is 3.22. The molecule has 1 N–H and O–H groups in total. The van der Waals surface area contributed by atoms with Crippen molar-refractivity contribution in [1.82, 2.24) is 10.2 Å². The van der Waals surface area contributed by atoms with Crippen molar-refractivity contribution in [2.75, 3.05) is 27.3 Å². The lowest BCUT2D eigenvalue weighted by Crippen LogP contribution is -2.39. The second-order valence-corrected chi connectivity index (χ2v) is 6.68. The van der Waals surface area contributed by atoms with Crippen LogP contribution in [0.2, 0.25) is 0 Å². The van der Waals surface area contributed by atoms with Crippen molar-refractivity contribution < 1.29 is 19.1 Å². The molecule has 0 bridgehead atoms. The van der Waals surface area contributed by atoms with Gasteiger partial charge in [-0.2, -0.15) is 0 Å². The summed E-state index contributed by atoms with van der Waals surface area (Å²) in [5, 5.41) is 4.79. The Morgan fingerprint density at radius 3 is 2.67 bits per heavy atom. The van der Waals surface area contributed by atoms with E-state index in [0.717, 1.165) is 10.4 Å². The summed E-state index contributed by atoms with van der Waals surface area (Å²) < 4.78 is 10.5. The molecule has 1 aromatic heterocycles. The molecule has 0 aliphatic carbocycles. The van der Waals surface area contributed by atoms with Crippen molar-refractivity contribution in [1.29, 1.82) is 0 Å². The van der Waals surface area contributed by atoms with Gasteiger partial charge < -0.3 is 19.7 Å². The maximum absolute atomic E-state index is 12.4. The Hall–Kier alpha value is -2.80. The monoisotopic (exact) mass is 388 g/mol. The third-order valence-electron chi connectivity index (χ3n) is 3.91. The number of carbonyl (C=O) groups excluding carboxylic acids is 2. The van der Waals surface area contributed by atoms with Gasteiger partial charge in [0.1, 0.15) is 11.5 Å². The van der Waals surface area contributed by atoms with Gasteiger partial charge in [0.25, 0.3) is 0 Å². The summed E-state index contributed by atoms with van der Waals surface area (Å²) in [4.78, 5) is 27.1. The number of benzene rings is 1. The first-order valence-corrected chi connectivity index (χ1v) is 9.43. The van der Waals surface area contributed by atoms with E-state index >= 15 is 0 Å². The Kier molecular flexibility index (Phi) is 7.88. The smallest absolute Gasteiger partial charge is 0.247 e. The molecule has 0 saturated carbocycles. The molecule has 27 heavy (non-hydrogen) atoms. The van der Waals surface area contributed by atoms with Gasteiger partial charge in [-0.15, -0.1) is 11.3 Å². The maximum atomic E-state index is 12.4. The van der Waals surface area contributed by atoms with Gasteiger partial charge in [0.15, 0.2) is 0 Å². The van der Waals surface area contributed by atoms with Crippen molar-refractivity contribution in [3.63, 3.8) is 0 Å². The van der Waals surface area contributed by atoms with E-state index in [1.54, 1.807) is 43.8 Å². The first-order valence-electron chi connectivity index (χ1n) is 8.55. The number of hydrogen-bond donors (Lipinski definition) is 1. The van der Waals surface area contributed by atoms with E-state index in [9.17, 15) is 9.59 Å². The minimum Gasteiger partial charge on any atom is -0.497 e. The fourth-order valence-electron chi connectivity index (χ4n) is 2.40. The highest BCUT2D eigenvalue weighted by atomic mass is 32.1. The van der Waals surface area contributed by atoms with Crippen molar-refractivity contribution in [3.8, 4) is 11.5 Å². The van der Waals surface area contributed by atoms with E-state index < -0.39 is 0 Å². The second kappa shape index (κ2) is 10.4. The normalized spacial score (nSPS) is 10.6. The van der Waals surface area contributed by atoms with Crippen LogP contribution in [0.5, 0.6) is 11.5 Å². The lowest BCUT2D eigenvalue weighted by molar-refractivity contribution is -0.132. The zero-order chi connectivity index (χ0) is 19.6. The Bertz CT molecular complexity index is 787. The number of carbonyl (C=O) groups is 2. The highest BCUT2D eigenvalue weighted by Crippen LogP contribution is 2.25. The first kappa shape index (κ1) is 20.5. The van der Waals surface area contributed by atoms with E-state index in [2.05, 4.69) is 5.32 Å². The van der Waals surface area contributed by atoms with Crippen LogP contribution in [0, 0.1) is 0 Å². The van der Waals surface area contributed by atoms with Gasteiger partial charge >= 0.3 is 0 Å². The van der Waals surface area contributed by atoms with Gasteiger partial charge in [-0.1, -0.05) is 6.07 Å². The molecule has 7 heteroatoms. The van der Waals surface area contributed by atoms with Gasteiger partial charge in [0, 0.05) is 29.1 Å². The molecule has 0 radical (unpaired) electrons. The highest BCUT2D eigenvalue weighted by molar-refractivity contribution is 7.09. The molecule has 0 fully saturated rings. The van der Waals surface area contributed by atoms with Crippen LogP contribution in [-0.4, -0.2) is 44.0 Å². The molecule has 0 saturated heterocycles. The minimum absolute atomic E-state index is 0.0186. The molecule has 0 aliphatic rings. The Morgan fingerprint density at radius 2 is 2.04 bits per heavy atom. The van der Waals surface area contributed by atoms with Crippen LogP contribution >= 0.6 is 11.3 Å². The zero-order valence-corrected chi connectivity index (χ0v) is 16.5.